The fourth-order valence-electron chi connectivity index (χ4n) is 5.72. The number of amides is 1. The maximum Gasteiger partial charge on any atom is 0.255 e. The maximum atomic E-state index is 13.7. The molecule has 0 saturated heterocycles. The number of phenolic OH excluding ortho intramolecular Hbond substituents is 1. The minimum atomic E-state index is -2.90. The van der Waals surface area contributed by atoms with Crippen molar-refractivity contribution in [1.29, 1.82) is 0 Å². The highest BCUT2D eigenvalue weighted by Gasteiger charge is 2.68. The van der Waals surface area contributed by atoms with Crippen LogP contribution in [0.3, 0.4) is 0 Å². The summed E-state index contributed by atoms with van der Waals surface area (Å²) >= 11 is 0. The third kappa shape index (κ3) is 2.68. The molecule has 176 valence electrons. The lowest BCUT2D eigenvalue weighted by Gasteiger charge is -2.53. The average Bonchev–Trinajstić information content (AvgIpc) is 2.72. The number of aliphatic hydroxyl groups excluding tert-OH is 3. The van der Waals surface area contributed by atoms with Gasteiger partial charge in [0.2, 0.25) is 5.78 Å². The molecule has 10 nitrogen and oxygen atoms in total. The van der Waals surface area contributed by atoms with Gasteiger partial charge in [0.25, 0.3) is 5.91 Å². The SMILES string of the molecule is Cc1ccc2c(c1O)C(O)=C1C(=O)[C@@]3(O)C(O)=C(C(N)=O)C(=O)[C@H](N(C)C)[C@H]3[C@H](O)[C@H]1[C@@H]2C. The van der Waals surface area contributed by atoms with Crippen LogP contribution in [-0.2, 0) is 14.4 Å². The van der Waals surface area contributed by atoms with Gasteiger partial charge in [-0.25, -0.2) is 0 Å². The molecule has 0 spiro atoms. The van der Waals surface area contributed by atoms with Crippen LogP contribution in [0.2, 0.25) is 0 Å². The summed E-state index contributed by atoms with van der Waals surface area (Å²) in [5.41, 5.74) is 1.94. The Hall–Kier alpha value is -3.21. The molecule has 1 fully saturated rings. The third-order valence-corrected chi connectivity index (χ3v) is 7.33. The van der Waals surface area contributed by atoms with E-state index < -0.39 is 75.6 Å². The number of likely N-dealkylation sites (N-methyl/N-ethyl adjacent to an activating group) is 1. The molecule has 1 aromatic rings. The predicted molar refractivity (Wildman–Crippen MR) is 115 cm³/mol. The average molecular weight is 458 g/mol. The number of aryl methyl sites for hydroxylation is 1. The Morgan fingerprint density at radius 1 is 1.15 bits per heavy atom. The number of primary amides is 1. The zero-order chi connectivity index (χ0) is 24.7. The molecule has 10 heteroatoms. The van der Waals surface area contributed by atoms with Crippen molar-refractivity contribution in [1.82, 2.24) is 4.90 Å². The first-order chi connectivity index (χ1) is 15.3. The number of benzene rings is 1. The minimum Gasteiger partial charge on any atom is -0.508 e. The summed E-state index contributed by atoms with van der Waals surface area (Å²) in [7, 11) is 2.93. The lowest BCUT2D eigenvalue weighted by molar-refractivity contribution is -0.169. The number of hydrogen-bond acceptors (Lipinski definition) is 9. The number of aromatic hydroxyl groups is 1. The Labute approximate surface area is 189 Å². The van der Waals surface area contributed by atoms with Crippen molar-refractivity contribution in [2.75, 3.05) is 14.1 Å². The zero-order valence-corrected chi connectivity index (χ0v) is 18.5. The van der Waals surface area contributed by atoms with Crippen molar-refractivity contribution in [3.05, 3.63) is 45.7 Å². The topological polar surface area (TPSA) is 182 Å². The second kappa shape index (κ2) is 7.14. The largest absolute Gasteiger partial charge is 0.508 e. The van der Waals surface area contributed by atoms with E-state index >= 15 is 0 Å². The Balaban J connectivity index is 2.07. The van der Waals surface area contributed by atoms with Crippen LogP contribution in [0.25, 0.3) is 5.76 Å². The van der Waals surface area contributed by atoms with Gasteiger partial charge in [-0.1, -0.05) is 19.1 Å². The summed E-state index contributed by atoms with van der Waals surface area (Å²) < 4.78 is 0. The molecule has 33 heavy (non-hydrogen) atoms. The van der Waals surface area contributed by atoms with Gasteiger partial charge >= 0.3 is 0 Å². The van der Waals surface area contributed by atoms with Crippen molar-refractivity contribution >= 4 is 23.2 Å². The summed E-state index contributed by atoms with van der Waals surface area (Å²) in [5, 5.41) is 55.5. The number of nitrogens with zero attached hydrogens (tertiary/aromatic N) is 1. The van der Waals surface area contributed by atoms with Gasteiger partial charge in [0.05, 0.1) is 23.6 Å². The summed E-state index contributed by atoms with van der Waals surface area (Å²) in [5.74, 6) is -8.82. The highest BCUT2D eigenvalue weighted by Crippen LogP contribution is 2.56. The molecule has 7 N–H and O–H groups in total. The Morgan fingerprint density at radius 2 is 1.76 bits per heavy atom. The van der Waals surface area contributed by atoms with E-state index in [0.717, 1.165) is 0 Å². The molecule has 0 unspecified atom stereocenters. The van der Waals surface area contributed by atoms with Crippen molar-refractivity contribution in [2.45, 2.75) is 37.5 Å². The first-order valence-electron chi connectivity index (χ1n) is 10.4. The molecular weight excluding hydrogens is 432 g/mol. The van der Waals surface area contributed by atoms with Crippen LogP contribution in [0.1, 0.15) is 29.5 Å². The number of Topliss-reactive ketones (excluding diaryl/α,β-unsaturated/α-hetero) is 2. The summed E-state index contributed by atoms with van der Waals surface area (Å²) in [6.45, 7) is 3.29. The van der Waals surface area contributed by atoms with Crippen LogP contribution in [-0.4, -0.2) is 79.7 Å². The van der Waals surface area contributed by atoms with Gasteiger partial charge in [-0.3, -0.25) is 19.3 Å². The fraction of sp³-hybridized carbons (Fsp3) is 0.435. The van der Waals surface area contributed by atoms with Crippen LogP contribution < -0.4 is 5.73 Å². The molecule has 0 aromatic heterocycles. The van der Waals surface area contributed by atoms with Crippen molar-refractivity contribution in [3.63, 3.8) is 0 Å². The van der Waals surface area contributed by atoms with Crippen molar-refractivity contribution in [3.8, 4) is 5.75 Å². The molecule has 6 atom stereocenters. The summed E-state index contributed by atoms with van der Waals surface area (Å²) in [6.07, 6.45) is -1.59. The molecule has 0 heterocycles. The molecule has 0 bridgehead atoms. The second-order valence-electron chi connectivity index (χ2n) is 9.24. The van der Waals surface area contributed by atoms with Crippen LogP contribution in [0.5, 0.6) is 5.75 Å². The number of hydrogen-bond donors (Lipinski definition) is 6. The molecular formula is C23H26N2O8. The molecule has 3 aliphatic carbocycles. The number of fused-ring (bicyclic) bond motifs is 3. The normalized spacial score (nSPS) is 33.7. The van der Waals surface area contributed by atoms with Crippen molar-refractivity contribution < 1.29 is 39.9 Å². The number of phenols is 1. The van der Waals surface area contributed by atoms with Gasteiger partial charge < -0.3 is 31.3 Å². The van der Waals surface area contributed by atoms with E-state index in [0.29, 0.717) is 11.1 Å². The highest BCUT2D eigenvalue weighted by atomic mass is 16.4. The lowest BCUT2D eigenvalue weighted by Crippen LogP contribution is -2.70. The van der Waals surface area contributed by atoms with Gasteiger partial charge in [0.15, 0.2) is 11.4 Å². The van der Waals surface area contributed by atoms with Crippen LogP contribution in [0.15, 0.2) is 29.0 Å². The molecule has 0 aliphatic heterocycles. The van der Waals surface area contributed by atoms with E-state index in [2.05, 4.69) is 0 Å². The van der Waals surface area contributed by atoms with E-state index in [1.54, 1.807) is 26.0 Å². The molecule has 4 rings (SSSR count). The number of rotatable bonds is 2. The fourth-order valence-corrected chi connectivity index (χ4v) is 5.72. The maximum absolute atomic E-state index is 13.7. The van der Waals surface area contributed by atoms with E-state index in [-0.39, 0.29) is 11.3 Å². The smallest absolute Gasteiger partial charge is 0.255 e. The van der Waals surface area contributed by atoms with Gasteiger partial charge in [0, 0.05) is 11.5 Å². The summed E-state index contributed by atoms with van der Waals surface area (Å²) in [6, 6.07) is 1.94. The zero-order valence-electron chi connectivity index (χ0n) is 18.5. The van der Waals surface area contributed by atoms with Crippen LogP contribution in [0.4, 0.5) is 0 Å². The van der Waals surface area contributed by atoms with Crippen molar-refractivity contribution in [2.24, 2.45) is 17.6 Å². The number of carbonyl (C=O) groups is 3. The Kier molecular flexibility index (Phi) is 4.97. The van der Waals surface area contributed by atoms with Crippen LogP contribution >= 0.6 is 0 Å². The first kappa shape index (κ1) is 23.0. The summed E-state index contributed by atoms with van der Waals surface area (Å²) in [4.78, 5) is 40.1. The molecule has 0 radical (unpaired) electrons. The van der Waals surface area contributed by atoms with E-state index in [1.165, 1.54) is 19.0 Å². The molecule has 3 aliphatic rings. The quantitative estimate of drug-likeness (QED) is 0.327. The van der Waals surface area contributed by atoms with E-state index in [4.69, 9.17) is 5.73 Å². The monoisotopic (exact) mass is 458 g/mol. The molecule has 1 aromatic carbocycles. The van der Waals surface area contributed by atoms with E-state index in [9.17, 15) is 39.9 Å². The number of nitrogens with two attached hydrogens (primary N) is 1. The van der Waals surface area contributed by atoms with Gasteiger partial charge in [-0.15, -0.1) is 0 Å². The second-order valence-corrected chi connectivity index (χ2v) is 9.24. The lowest BCUT2D eigenvalue weighted by atomic mass is 9.54. The van der Waals surface area contributed by atoms with Crippen LogP contribution in [0, 0.1) is 18.8 Å². The predicted octanol–water partition coefficient (Wildman–Crippen LogP) is -0.196. The molecule has 1 saturated carbocycles. The third-order valence-electron chi connectivity index (χ3n) is 7.33. The molecule has 1 amide bonds. The van der Waals surface area contributed by atoms with Gasteiger partial charge in [0.1, 0.15) is 22.8 Å². The number of carbonyl (C=O) groups excluding carboxylic acids is 3. The standard InChI is InChI=1S/C23H26N2O8/c1-7-5-6-9-8(2)10-12(17(27)11(9)16(7)26)20(30)23(33)14(18(10)28)15(25(3)4)19(29)13(21(23)31)22(24)32/h5-6,8,10,14-15,18,26-28,31,33H,1-4H3,(H2,24,32)/t8-,10+,14+,15-,18-,23-/m1/s1. The highest BCUT2D eigenvalue weighted by molar-refractivity contribution is 6.24. The Bertz CT molecular complexity index is 1180. The van der Waals surface area contributed by atoms with E-state index in [1.807, 2.05) is 0 Å². The van der Waals surface area contributed by atoms with Gasteiger partial charge in [-0.2, -0.15) is 0 Å². The van der Waals surface area contributed by atoms with Gasteiger partial charge in [-0.05, 0) is 38.1 Å². The minimum absolute atomic E-state index is 0.00834. The first-order valence-corrected chi connectivity index (χ1v) is 10.4. The number of aliphatic hydroxyl groups is 4. The number of ketones is 2. The Morgan fingerprint density at radius 3 is 2.30 bits per heavy atom.